The number of pyridine rings is 1. The van der Waals surface area contributed by atoms with E-state index in [0.29, 0.717) is 28.3 Å². The summed E-state index contributed by atoms with van der Waals surface area (Å²) in [4.78, 5) is 17.6. The Morgan fingerprint density at radius 2 is 1.89 bits per heavy atom. The Morgan fingerprint density at radius 3 is 2.50 bits per heavy atom. The number of ether oxygens (including phenoxy) is 2. The predicted octanol–water partition coefficient (Wildman–Crippen LogP) is 5.70. The Hall–Kier alpha value is -4.49. The van der Waals surface area contributed by atoms with E-state index in [4.69, 9.17) is 19.7 Å². The molecule has 2 aliphatic rings. The summed E-state index contributed by atoms with van der Waals surface area (Å²) in [5.74, 6) is -2.42. The summed E-state index contributed by atoms with van der Waals surface area (Å²) in [6, 6.07) is 10.9. The van der Waals surface area contributed by atoms with E-state index in [-0.39, 0.29) is 35.3 Å². The van der Waals surface area contributed by atoms with Gasteiger partial charge in [0, 0.05) is 28.8 Å². The molecule has 9 nitrogen and oxygen atoms in total. The zero-order valence-corrected chi connectivity index (χ0v) is 25.2. The number of amides is 1. The highest BCUT2D eigenvalue weighted by Crippen LogP contribution is 2.47. The van der Waals surface area contributed by atoms with Crippen LogP contribution in [0.5, 0.6) is 11.5 Å². The van der Waals surface area contributed by atoms with Crippen molar-refractivity contribution in [1.29, 1.82) is 0 Å². The summed E-state index contributed by atoms with van der Waals surface area (Å²) in [7, 11) is 0. The lowest BCUT2D eigenvalue weighted by atomic mass is 9.81. The van der Waals surface area contributed by atoms with E-state index in [1.165, 1.54) is 30.3 Å². The van der Waals surface area contributed by atoms with Crippen LogP contribution in [0.4, 0.5) is 17.6 Å². The number of carbonyl (C=O) groups is 1. The van der Waals surface area contributed by atoms with Gasteiger partial charge in [0.05, 0.1) is 28.5 Å². The highest BCUT2D eigenvalue weighted by Gasteiger charge is 2.47. The van der Waals surface area contributed by atoms with Crippen molar-refractivity contribution >= 4 is 5.91 Å². The Morgan fingerprint density at radius 1 is 1.17 bits per heavy atom. The third-order valence-electron chi connectivity index (χ3n) is 8.48. The van der Waals surface area contributed by atoms with Gasteiger partial charge in [0.1, 0.15) is 47.5 Å². The van der Waals surface area contributed by atoms with E-state index in [2.05, 4.69) is 15.5 Å². The maximum atomic E-state index is 14.7. The van der Waals surface area contributed by atoms with E-state index in [1.807, 2.05) is 0 Å². The highest BCUT2D eigenvalue weighted by atomic mass is 19.4. The van der Waals surface area contributed by atoms with E-state index < -0.39 is 47.7 Å². The number of halogens is 4. The van der Waals surface area contributed by atoms with Crippen LogP contribution in [-0.4, -0.2) is 52.8 Å². The Balaban J connectivity index is 1.34. The van der Waals surface area contributed by atoms with Crippen LogP contribution in [0.25, 0.3) is 22.4 Å². The summed E-state index contributed by atoms with van der Waals surface area (Å²) >= 11 is 0. The zero-order valence-electron chi connectivity index (χ0n) is 25.2. The third-order valence-corrected chi connectivity index (χ3v) is 8.48. The van der Waals surface area contributed by atoms with Gasteiger partial charge in [0.15, 0.2) is 0 Å². The lowest BCUT2D eigenvalue weighted by Gasteiger charge is -2.27. The van der Waals surface area contributed by atoms with Crippen LogP contribution >= 0.6 is 0 Å². The lowest BCUT2D eigenvalue weighted by molar-refractivity contribution is -0.149. The normalized spacial score (nSPS) is 18.9. The van der Waals surface area contributed by atoms with Crippen molar-refractivity contribution in [2.45, 2.75) is 63.5 Å². The van der Waals surface area contributed by atoms with Crippen molar-refractivity contribution in [2.75, 3.05) is 13.2 Å². The monoisotopic (exact) mass is 640 g/mol. The number of nitrogens with one attached hydrogen (secondary N) is 1. The molecule has 1 aliphatic carbocycles. The number of aromatic nitrogens is 2. The number of hydrogen-bond donors (Lipinski definition) is 3. The van der Waals surface area contributed by atoms with Gasteiger partial charge in [-0.05, 0) is 82.1 Å². The van der Waals surface area contributed by atoms with Gasteiger partial charge >= 0.3 is 6.18 Å². The van der Waals surface area contributed by atoms with Crippen molar-refractivity contribution < 1.29 is 41.5 Å². The average molecular weight is 641 g/mol. The Kier molecular flexibility index (Phi) is 8.01. The summed E-state index contributed by atoms with van der Waals surface area (Å²) in [6.07, 6.45) is -4.61. The molecule has 3 atom stereocenters. The van der Waals surface area contributed by atoms with Gasteiger partial charge in [0.2, 0.25) is 0 Å². The van der Waals surface area contributed by atoms with E-state index >= 15 is 0 Å². The summed E-state index contributed by atoms with van der Waals surface area (Å²) in [6.45, 7) is 4.15. The number of hydrogen-bond acceptors (Lipinski definition) is 8. The fraction of sp³-hybridized carbons (Fsp3) is 0.364. The number of fused-ring (bicyclic) bond motifs is 1. The fourth-order valence-corrected chi connectivity index (χ4v) is 5.54. The molecule has 2 aromatic heterocycles. The Bertz CT molecular complexity index is 1770. The molecule has 46 heavy (non-hydrogen) atoms. The molecule has 1 amide bonds. The largest absolute Gasteiger partial charge is 0.490 e. The lowest BCUT2D eigenvalue weighted by Crippen LogP contribution is -2.44. The van der Waals surface area contributed by atoms with Gasteiger partial charge in [0.25, 0.3) is 5.91 Å². The fourth-order valence-electron chi connectivity index (χ4n) is 5.54. The van der Waals surface area contributed by atoms with Gasteiger partial charge in [-0.3, -0.25) is 4.79 Å². The quantitative estimate of drug-likeness (QED) is 0.157. The minimum Gasteiger partial charge on any atom is -0.490 e. The number of aryl methyl sites for hydroxylation is 2. The van der Waals surface area contributed by atoms with Crippen LogP contribution in [0.1, 0.15) is 58.8 Å². The smallest absolute Gasteiger partial charge is 0.398 e. The molecule has 3 heterocycles. The van der Waals surface area contributed by atoms with Gasteiger partial charge in [-0.15, -0.1) is 0 Å². The zero-order chi connectivity index (χ0) is 33.0. The average Bonchev–Trinajstić information content (AvgIpc) is 3.67. The molecule has 0 spiro atoms. The number of rotatable bonds is 9. The van der Waals surface area contributed by atoms with Gasteiger partial charge < -0.3 is 30.2 Å². The van der Waals surface area contributed by atoms with E-state index in [9.17, 15) is 27.5 Å². The predicted molar refractivity (Wildman–Crippen MR) is 159 cm³/mol. The van der Waals surface area contributed by atoms with Crippen LogP contribution in [-0.2, 0) is 5.41 Å². The van der Waals surface area contributed by atoms with Gasteiger partial charge in [-0.2, -0.15) is 13.2 Å². The molecule has 13 heteroatoms. The number of benzene rings is 2. The second-order valence-corrected chi connectivity index (χ2v) is 12.0. The van der Waals surface area contributed by atoms with Crippen LogP contribution in [0.15, 0.2) is 53.1 Å². The molecular weight excluding hydrogens is 608 g/mol. The molecule has 0 bridgehead atoms. The van der Waals surface area contributed by atoms with Crippen LogP contribution in [0, 0.1) is 19.7 Å². The van der Waals surface area contributed by atoms with Crippen LogP contribution < -0.4 is 20.5 Å². The molecule has 0 saturated heterocycles. The molecule has 6 rings (SSSR count). The maximum Gasteiger partial charge on any atom is 0.398 e. The molecule has 2 aromatic carbocycles. The number of carbonyl (C=O) groups excluding carboxylic acids is 1. The first-order valence-electron chi connectivity index (χ1n) is 14.7. The first kappa shape index (κ1) is 31.5. The highest BCUT2D eigenvalue weighted by molar-refractivity contribution is 5.95. The summed E-state index contributed by atoms with van der Waals surface area (Å²) < 4.78 is 74.9. The first-order valence-corrected chi connectivity index (χ1v) is 14.7. The van der Waals surface area contributed by atoms with Crippen LogP contribution in [0.2, 0.25) is 0 Å². The molecule has 1 aliphatic heterocycles. The second kappa shape index (κ2) is 11.7. The number of nitrogens with two attached hydrogens (primary N) is 1. The molecule has 1 fully saturated rings. The second-order valence-electron chi connectivity index (χ2n) is 12.0. The van der Waals surface area contributed by atoms with Gasteiger partial charge in [-0.1, -0.05) is 5.16 Å². The maximum absolute atomic E-state index is 14.7. The summed E-state index contributed by atoms with van der Waals surface area (Å²) in [5, 5.41) is 16.8. The molecule has 242 valence electrons. The number of nitrogens with zero attached hydrogens (tertiary/aromatic N) is 2. The minimum atomic E-state index is -4.83. The number of alkyl halides is 3. The van der Waals surface area contributed by atoms with E-state index in [1.54, 1.807) is 26.8 Å². The minimum absolute atomic E-state index is 0.0185. The van der Waals surface area contributed by atoms with Crippen molar-refractivity contribution in [3.8, 4) is 33.9 Å². The SMILES string of the molecule is Cc1noc(C)c1-c1ccc(C(=O)NC[C@H](c2cc3c(c(-c4ccc(F)cc4)n2)OC[C@]3(C)[C@H](N)O)C(F)(F)F)cc1OC1CC1. The van der Waals surface area contributed by atoms with E-state index in [0.717, 1.165) is 30.5 Å². The van der Waals surface area contributed by atoms with Crippen LogP contribution in [0.3, 0.4) is 0 Å². The van der Waals surface area contributed by atoms with Crippen molar-refractivity contribution in [3.05, 3.63) is 82.6 Å². The molecule has 0 radical (unpaired) electrons. The molecular formula is C33H32F4N4O5. The van der Waals surface area contributed by atoms with Crippen molar-refractivity contribution in [1.82, 2.24) is 15.5 Å². The first-order chi connectivity index (χ1) is 21.8. The molecule has 0 unspecified atom stereocenters. The van der Waals surface area contributed by atoms with Crippen molar-refractivity contribution in [3.63, 3.8) is 0 Å². The Labute approximate surface area is 261 Å². The number of aliphatic hydroxyl groups is 1. The van der Waals surface area contributed by atoms with Crippen molar-refractivity contribution in [2.24, 2.45) is 5.73 Å². The number of aliphatic hydroxyl groups excluding tert-OH is 1. The third kappa shape index (κ3) is 5.92. The summed E-state index contributed by atoms with van der Waals surface area (Å²) in [5.41, 5.74) is 6.86. The molecule has 4 N–H and O–H groups in total. The van der Waals surface area contributed by atoms with Gasteiger partial charge in [-0.25, -0.2) is 9.37 Å². The molecule has 4 aromatic rings. The standard InChI is InChI=1S/C33H32F4N4O5/c1-16-27(17(2)46-41-16)22-11-6-19(12-26(22)45-21-9-10-21)30(42)39-14-24(33(35,36)37)25-13-23-29(44-15-32(23,3)31(38)43)28(40-25)18-4-7-20(34)8-5-18/h4-8,11-13,21,24,31,43H,9-10,14-15,38H2,1-3H3,(H,39,42)/t24-,31-,32+/m1/s1. The topological polar surface area (TPSA) is 133 Å². The molecule has 1 saturated carbocycles.